The van der Waals surface area contributed by atoms with Crippen molar-refractivity contribution in [3.8, 4) is 6.07 Å². The quantitative estimate of drug-likeness (QED) is 0.510. The van der Waals surface area contributed by atoms with E-state index in [1.807, 2.05) is 0 Å². The van der Waals surface area contributed by atoms with E-state index in [1.165, 1.54) is 0 Å². The van der Waals surface area contributed by atoms with Gasteiger partial charge in [0.05, 0.1) is 11.4 Å². The zero-order chi connectivity index (χ0) is 9.68. The van der Waals surface area contributed by atoms with Gasteiger partial charge < -0.3 is 4.90 Å². The van der Waals surface area contributed by atoms with Gasteiger partial charge in [0, 0.05) is 25.9 Å². The number of halogens is 1. The summed E-state index contributed by atoms with van der Waals surface area (Å²) in [6, 6.07) is 2.08. The lowest BCUT2D eigenvalue weighted by Crippen LogP contribution is -2.26. The Labute approximate surface area is 83.3 Å². The highest BCUT2D eigenvalue weighted by atomic mass is 35.5. The number of amides is 1. The summed E-state index contributed by atoms with van der Waals surface area (Å²) in [5, 5.41) is 8.29. The fraction of sp³-hybridized carbons (Fsp3) is 0.778. The summed E-state index contributed by atoms with van der Waals surface area (Å²) in [5.74, 6) is 0.150. The van der Waals surface area contributed by atoms with Crippen molar-refractivity contribution in [3.63, 3.8) is 0 Å². The van der Waals surface area contributed by atoms with Crippen LogP contribution in [0, 0.1) is 11.3 Å². The molecule has 1 heterocycles. The predicted octanol–water partition coefficient (Wildman–Crippen LogP) is 1.52. The molecule has 3 nitrogen and oxygen atoms in total. The molecule has 0 saturated carbocycles. The maximum atomic E-state index is 11.2. The van der Waals surface area contributed by atoms with Gasteiger partial charge in [0.25, 0.3) is 0 Å². The third kappa shape index (κ3) is 3.23. The van der Waals surface area contributed by atoms with Gasteiger partial charge in [0.15, 0.2) is 0 Å². The zero-order valence-corrected chi connectivity index (χ0v) is 8.26. The van der Waals surface area contributed by atoms with Gasteiger partial charge in [-0.15, -0.1) is 11.6 Å². The van der Waals surface area contributed by atoms with Gasteiger partial charge in [0.2, 0.25) is 5.91 Å². The van der Waals surface area contributed by atoms with Crippen LogP contribution in [0.4, 0.5) is 0 Å². The molecule has 0 radical (unpaired) electrons. The van der Waals surface area contributed by atoms with E-state index < -0.39 is 0 Å². The molecular weight excluding hydrogens is 188 g/mol. The van der Waals surface area contributed by atoms with Crippen molar-refractivity contribution in [1.29, 1.82) is 5.26 Å². The predicted molar refractivity (Wildman–Crippen MR) is 50.3 cm³/mol. The Bertz CT molecular complexity index is 224. The molecule has 0 N–H and O–H groups in total. The zero-order valence-electron chi connectivity index (χ0n) is 7.50. The van der Waals surface area contributed by atoms with Gasteiger partial charge >= 0.3 is 0 Å². The molecule has 0 aromatic rings. The third-order valence-electron chi connectivity index (χ3n) is 2.13. The van der Waals surface area contributed by atoms with E-state index in [9.17, 15) is 4.79 Å². The van der Waals surface area contributed by atoms with Crippen LogP contribution in [0.15, 0.2) is 0 Å². The first-order valence-corrected chi connectivity index (χ1v) is 4.96. The van der Waals surface area contributed by atoms with Crippen LogP contribution in [0.25, 0.3) is 0 Å². The topological polar surface area (TPSA) is 44.1 Å². The molecule has 1 rings (SSSR count). The molecule has 1 amide bonds. The Morgan fingerprint density at radius 2 is 2.38 bits per heavy atom. The molecule has 1 unspecified atom stereocenters. The van der Waals surface area contributed by atoms with Crippen molar-refractivity contribution in [1.82, 2.24) is 4.90 Å². The summed E-state index contributed by atoms with van der Waals surface area (Å²) in [7, 11) is 0. The van der Waals surface area contributed by atoms with E-state index in [2.05, 4.69) is 6.07 Å². The Balaban J connectivity index is 2.15. The van der Waals surface area contributed by atoms with Gasteiger partial charge in [0.1, 0.15) is 0 Å². The van der Waals surface area contributed by atoms with E-state index in [0.717, 1.165) is 19.4 Å². The average Bonchev–Trinajstić information content (AvgIpc) is 2.39. The Kier molecular flexibility index (Phi) is 4.04. The number of carbonyl (C=O) groups excluding carboxylic acids is 1. The number of hydrogen-bond acceptors (Lipinski definition) is 2. The van der Waals surface area contributed by atoms with E-state index in [-0.39, 0.29) is 11.3 Å². The van der Waals surface area contributed by atoms with E-state index in [0.29, 0.717) is 19.4 Å². The van der Waals surface area contributed by atoms with E-state index >= 15 is 0 Å². The number of likely N-dealkylation sites (tertiary alicyclic amines) is 1. The summed E-state index contributed by atoms with van der Waals surface area (Å²) in [5.41, 5.74) is 0. The second-order valence-electron chi connectivity index (χ2n) is 3.26. The molecule has 0 aromatic carbocycles. The lowest BCUT2D eigenvalue weighted by molar-refractivity contribution is -0.127. The maximum Gasteiger partial charge on any atom is 0.224 e. The van der Waals surface area contributed by atoms with E-state index in [4.69, 9.17) is 16.9 Å². The highest BCUT2D eigenvalue weighted by Gasteiger charge is 2.26. The van der Waals surface area contributed by atoms with Gasteiger partial charge in [-0.1, -0.05) is 0 Å². The van der Waals surface area contributed by atoms with Crippen molar-refractivity contribution >= 4 is 17.5 Å². The van der Waals surface area contributed by atoms with Crippen LogP contribution in [-0.4, -0.2) is 29.3 Å². The average molecular weight is 201 g/mol. The summed E-state index contributed by atoms with van der Waals surface area (Å²) >= 11 is 5.83. The largest absolute Gasteiger partial charge is 0.341 e. The van der Waals surface area contributed by atoms with Crippen LogP contribution in [0.1, 0.15) is 25.7 Å². The third-order valence-corrected chi connectivity index (χ3v) is 2.43. The molecule has 0 aliphatic carbocycles. The normalized spacial score (nSPS) is 22.0. The molecule has 0 bridgehead atoms. The van der Waals surface area contributed by atoms with Crippen LogP contribution in [0.3, 0.4) is 0 Å². The van der Waals surface area contributed by atoms with Crippen LogP contribution >= 0.6 is 11.6 Å². The first-order chi connectivity index (χ1) is 6.24. The molecule has 4 heteroatoms. The number of nitrogens with zero attached hydrogens (tertiary/aromatic N) is 2. The minimum Gasteiger partial charge on any atom is -0.341 e. The van der Waals surface area contributed by atoms with Crippen molar-refractivity contribution < 1.29 is 4.79 Å². The van der Waals surface area contributed by atoms with Crippen LogP contribution in [0.2, 0.25) is 0 Å². The number of carbonyl (C=O) groups is 1. The smallest absolute Gasteiger partial charge is 0.224 e. The Morgan fingerprint density at radius 3 is 2.92 bits per heavy atom. The van der Waals surface area contributed by atoms with Crippen LogP contribution in [0.5, 0.6) is 0 Å². The van der Waals surface area contributed by atoms with Gasteiger partial charge in [-0.05, 0) is 12.8 Å². The van der Waals surface area contributed by atoms with Crippen LogP contribution < -0.4 is 0 Å². The van der Waals surface area contributed by atoms with Crippen molar-refractivity contribution in [2.24, 2.45) is 0 Å². The monoisotopic (exact) mass is 200 g/mol. The molecule has 1 aliphatic rings. The fourth-order valence-corrected chi connectivity index (χ4v) is 1.75. The molecule has 13 heavy (non-hydrogen) atoms. The first kappa shape index (κ1) is 10.3. The maximum absolute atomic E-state index is 11.2. The molecule has 0 spiro atoms. The first-order valence-electron chi connectivity index (χ1n) is 4.53. The second kappa shape index (κ2) is 5.08. The molecule has 1 fully saturated rings. The Morgan fingerprint density at radius 1 is 1.62 bits per heavy atom. The SMILES string of the molecule is N#CCCCCN1CC(Cl)CC1=O. The summed E-state index contributed by atoms with van der Waals surface area (Å²) in [6.07, 6.45) is 2.82. The van der Waals surface area contributed by atoms with Crippen LogP contribution in [-0.2, 0) is 4.79 Å². The summed E-state index contributed by atoms with van der Waals surface area (Å²) in [4.78, 5) is 13.0. The Hall–Kier alpha value is -0.750. The van der Waals surface area contributed by atoms with E-state index in [1.54, 1.807) is 4.90 Å². The molecule has 1 saturated heterocycles. The summed E-state index contributed by atoms with van der Waals surface area (Å²) < 4.78 is 0. The molecule has 1 aliphatic heterocycles. The highest BCUT2D eigenvalue weighted by Crippen LogP contribution is 2.16. The van der Waals surface area contributed by atoms with Gasteiger partial charge in [-0.3, -0.25) is 4.79 Å². The molecule has 0 aromatic heterocycles. The lowest BCUT2D eigenvalue weighted by Gasteiger charge is -2.14. The molecule has 72 valence electrons. The fourth-order valence-electron chi connectivity index (χ4n) is 1.45. The van der Waals surface area contributed by atoms with Gasteiger partial charge in [-0.2, -0.15) is 5.26 Å². The highest BCUT2D eigenvalue weighted by molar-refractivity contribution is 6.22. The second-order valence-corrected chi connectivity index (χ2v) is 3.87. The number of nitriles is 1. The molecule has 1 atom stereocenters. The molecular formula is C9H13ClN2O. The minimum absolute atomic E-state index is 0.0107. The number of alkyl halides is 1. The van der Waals surface area contributed by atoms with Crippen molar-refractivity contribution in [2.45, 2.75) is 31.1 Å². The van der Waals surface area contributed by atoms with Crippen molar-refractivity contribution in [3.05, 3.63) is 0 Å². The number of unbranched alkanes of at least 4 members (excludes halogenated alkanes) is 2. The minimum atomic E-state index is -0.0107. The van der Waals surface area contributed by atoms with Crippen molar-refractivity contribution in [2.75, 3.05) is 13.1 Å². The summed E-state index contributed by atoms with van der Waals surface area (Å²) in [6.45, 7) is 1.43. The lowest BCUT2D eigenvalue weighted by atomic mass is 10.2. The number of rotatable bonds is 4. The van der Waals surface area contributed by atoms with Gasteiger partial charge in [-0.25, -0.2) is 0 Å². The number of hydrogen-bond donors (Lipinski definition) is 0. The standard InChI is InChI=1S/C9H13ClN2O/c10-8-6-9(13)12(7-8)5-3-1-2-4-11/h8H,1-3,5-7H2.